The zero-order valence-electron chi connectivity index (χ0n) is 12.8. The summed E-state index contributed by atoms with van der Waals surface area (Å²) in [5.74, 6) is 0.0194. The minimum absolute atomic E-state index is 0.0194. The molecule has 3 unspecified atom stereocenters. The Morgan fingerprint density at radius 3 is 2.05 bits per heavy atom. The Morgan fingerprint density at radius 1 is 1.20 bits per heavy atom. The van der Waals surface area contributed by atoms with Crippen molar-refractivity contribution in [1.29, 1.82) is 0 Å². The summed E-state index contributed by atoms with van der Waals surface area (Å²) in [6.45, 7) is 6.67. The van der Waals surface area contributed by atoms with Gasteiger partial charge in [0.25, 0.3) is 0 Å². The SMILES string of the molecule is CCC(C)(N)C(=O)N(CC1CCCO1)CC1CCCO1. The van der Waals surface area contributed by atoms with Gasteiger partial charge >= 0.3 is 0 Å². The van der Waals surface area contributed by atoms with Gasteiger partial charge in [-0.25, -0.2) is 0 Å². The van der Waals surface area contributed by atoms with Crippen LogP contribution in [0.3, 0.4) is 0 Å². The normalized spacial score (nSPS) is 29.4. The van der Waals surface area contributed by atoms with Crippen molar-refractivity contribution in [1.82, 2.24) is 4.90 Å². The minimum Gasteiger partial charge on any atom is -0.376 e. The van der Waals surface area contributed by atoms with Gasteiger partial charge in [-0.15, -0.1) is 0 Å². The van der Waals surface area contributed by atoms with Crippen LogP contribution in [0, 0.1) is 0 Å². The Hall–Kier alpha value is -0.650. The van der Waals surface area contributed by atoms with E-state index >= 15 is 0 Å². The van der Waals surface area contributed by atoms with Crippen molar-refractivity contribution in [2.45, 2.75) is 63.7 Å². The molecule has 0 aromatic rings. The van der Waals surface area contributed by atoms with Gasteiger partial charge in [-0.1, -0.05) is 6.92 Å². The molecule has 2 rings (SSSR count). The van der Waals surface area contributed by atoms with E-state index in [1.54, 1.807) is 0 Å². The van der Waals surface area contributed by atoms with Crippen LogP contribution in [0.15, 0.2) is 0 Å². The van der Waals surface area contributed by atoms with Crippen molar-refractivity contribution in [3.05, 3.63) is 0 Å². The number of hydrogen-bond acceptors (Lipinski definition) is 4. The lowest BCUT2D eigenvalue weighted by Crippen LogP contribution is -2.55. The fourth-order valence-corrected chi connectivity index (χ4v) is 2.82. The van der Waals surface area contributed by atoms with Gasteiger partial charge in [-0.05, 0) is 39.0 Å². The largest absolute Gasteiger partial charge is 0.376 e. The molecule has 0 bridgehead atoms. The fourth-order valence-electron chi connectivity index (χ4n) is 2.82. The summed E-state index contributed by atoms with van der Waals surface area (Å²) in [5.41, 5.74) is 5.34. The molecule has 5 nitrogen and oxygen atoms in total. The third-order valence-electron chi connectivity index (χ3n) is 4.41. The van der Waals surface area contributed by atoms with Gasteiger partial charge < -0.3 is 20.1 Å². The van der Waals surface area contributed by atoms with Crippen LogP contribution in [0.2, 0.25) is 0 Å². The number of amides is 1. The molecule has 5 heteroatoms. The van der Waals surface area contributed by atoms with E-state index in [0.717, 1.165) is 38.9 Å². The first-order valence-electron chi connectivity index (χ1n) is 7.84. The molecule has 2 N–H and O–H groups in total. The Balaban J connectivity index is 1.99. The number of nitrogens with zero attached hydrogens (tertiary/aromatic N) is 1. The van der Waals surface area contributed by atoms with E-state index in [4.69, 9.17) is 15.2 Å². The van der Waals surface area contributed by atoms with Crippen molar-refractivity contribution < 1.29 is 14.3 Å². The standard InChI is InChI=1S/C15H28N2O3/c1-3-15(2,16)14(18)17(10-12-6-4-8-19-12)11-13-7-5-9-20-13/h12-13H,3-11,16H2,1-2H3. The van der Waals surface area contributed by atoms with Crippen molar-refractivity contribution in [3.8, 4) is 0 Å². The average Bonchev–Trinajstić information content (AvgIpc) is 3.10. The molecule has 0 saturated carbocycles. The second-order valence-electron chi connectivity index (χ2n) is 6.25. The molecule has 2 heterocycles. The molecule has 0 aliphatic carbocycles. The summed E-state index contributed by atoms with van der Waals surface area (Å²) in [5, 5.41) is 0. The molecule has 2 aliphatic heterocycles. The molecule has 0 spiro atoms. The van der Waals surface area contributed by atoms with Crippen LogP contribution in [0.1, 0.15) is 46.0 Å². The molecule has 2 fully saturated rings. The zero-order chi connectivity index (χ0) is 14.6. The van der Waals surface area contributed by atoms with Gasteiger partial charge in [0.05, 0.1) is 17.7 Å². The van der Waals surface area contributed by atoms with Gasteiger partial charge in [0.15, 0.2) is 0 Å². The second-order valence-corrected chi connectivity index (χ2v) is 6.25. The van der Waals surface area contributed by atoms with Gasteiger partial charge in [0, 0.05) is 26.3 Å². The van der Waals surface area contributed by atoms with Gasteiger partial charge in [0.2, 0.25) is 5.91 Å². The Bertz CT molecular complexity index is 303. The van der Waals surface area contributed by atoms with Crippen molar-refractivity contribution in [2.75, 3.05) is 26.3 Å². The monoisotopic (exact) mass is 284 g/mol. The number of hydrogen-bond donors (Lipinski definition) is 1. The maximum absolute atomic E-state index is 12.7. The molecule has 116 valence electrons. The lowest BCUT2D eigenvalue weighted by molar-refractivity contribution is -0.139. The van der Waals surface area contributed by atoms with Crippen LogP contribution < -0.4 is 5.73 Å². The number of rotatable bonds is 6. The zero-order valence-corrected chi connectivity index (χ0v) is 12.8. The summed E-state index contributed by atoms with van der Waals surface area (Å²) in [7, 11) is 0. The molecule has 3 atom stereocenters. The number of carbonyl (C=O) groups is 1. The Labute approximate surface area is 121 Å². The van der Waals surface area contributed by atoms with E-state index in [-0.39, 0.29) is 18.1 Å². The highest BCUT2D eigenvalue weighted by Crippen LogP contribution is 2.20. The first kappa shape index (κ1) is 15.7. The summed E-state index contributed by atoms with van der Waals surface area (Å²) >= 11 is 0. The first-order chi connectivity index (χ1) is 9.53. The summed E-state index contributed by atoms with van der Waals surface area (Å²) in [6.07, 6.45) is 5.19. The van der Waals surface area contributed by atoms with Crippen LogP contribution in [0.5, 0.6) is 0 Å². The molecule has 0 aromatic heterocycles. The highest BCUT2D eigenvalue weighted by Gasteiger charge is 2.34. The first-order valence-corrected chi connectivity index (χ1v) is 7.84. The predicted octanol–water partition coefficient (Wildman–Crippen LogP) is 1.30. The summed E-state index contributed by atoms with van der Waals surface area (Å²) in [6, 6.07) is 0. The average molecular weight is 284 g/mol. The van der Waals surface area contributed by atoms with Crippen LogP contribution in [0.4, 0.5) is 0 Å². The summed E-state index contributed by atoms with van der Waals surface area (Å²) in [4.78, 5) is 14.5. The summed E-state index contributed by atoms with van der Waals surface area (Å²) < 4.78 is 11.3. The Kier molecular flexibility index (Phi) is 5.41. The maximum atomic E-state index is 12.7. The van der Waals surface area contributed by atoms with Crippen molar-refractivity contribution >= 4 is 5.91 Å². The van der Waals surface area contributed by atoms with Crippen LogP contribution in [-0.4, -0.2) is 54.9 Å². The third-order valence-corrected chi connectivity index (χ3v) is 4.41. The minimum atomic E-state index is -0.794. The quantitative estimate of drug-likeness (QED) is 0.798. The highest BCUT2D eigenvalue weighted by molar-refractivity contribution is 5.85. The van der Waals surface area contributed by atoms with E-state index in [0.29, 0.717) is 19.5 Å². The number of nitrogens with two attached hydrogens (primary N) is 1. The van der Waals surface area contributed by atoms with Gasteiger partial charge in [0.1, 0.15) is 0 Å². The van der Waals surface area contributed by atoms with E-state index < -0.39 is 5.54 Å². The molecule has 1 amide bonds. The van der Waals surface area contributed by atoms with Crippen LogP contribution >= 0.6 is 0 Å². The molecule has 0 aromatic carbocycles. The second kappa shape index (κ2) is 6.87. The highest BCUT2D eigenvalue weighted by atomic mass is 16.5. The molecule has 2 aliphatic rings. The third kappa shape index (κ3) is 3.93. The fraction of sp³-hybridized carbons (Fsp3) is 0.933. The molecular weight excluding hydrogens is 256 g/mol. The van der Waals surface area contributed by atoms with Gasteiger partial charge in [-0.3, -0.25) is 4.79 Å². The van der Waals surface area contributed by atoms with E-state index in [2.05, 4.69) is 0 Å². The smallest absolute Gasteiger partial charge is 0.242 e. The lowest BCUT2D eigenvalue weighted by Gasteiger charge is -2.34. The predicted molar refractivity (Wildman–Crippen MR) is 77.4 cm³/mol. The van der Waals surface area contributed by atoms with Crippen LogP contribution in [-0.2, 0) is 14.3 Å². The molecule has 2 saturated heterocycles. The maximum Gasteiger partial charge on any atom is 0.242 e. The molecular formula is C15H28N2O3. The van der Waals surface area contributed by atoms with Crippen molar-refractivity contribution in [2.24, 2.45) is 5.73 Å². The topological polar surface area (TPSA) is 64.8 Å². The van der Waals surface area contributed by atoms with E-state index in [1.807, 2.05) is 18.7 Å². The Morgan fingerprint density at radius 2 is 1.70 bits per heavy atom. The van der Waals surface area contributed by atoms with Crippen LogP contribution in [0.25, 0.3) is 0 Å². The molecule has 20 heavy (non-hydrogen) atoms. The molecule has 0 radical (unpaired) electrons. The lowest BCUT2D eigenvalue weighted by atomic mass is 9.97. The van der Waals surface area contributed by atoms with Gasteiger partial charge in [-0.2, -0.15) is 0 Å². The van der Waals surface area contributed by atoms with E-state index in [1.165, 1.54) is 0 Å². The number of ether oxygens (including phenoxy) is 2. The number of carbonyl (C=O) groups excluding carboxylic acids is 1. The van der Waals surface area contributed by atoms with E-state index in [9.17, 15) is 4.79 Å². The van der Waals surface area contributed by atoms with Crippen molar-refractivity contribution in [3.63, 3.8) is 0 Å².